The fourth-order valence-corrected chi connectivity index (χ4v) is 3.42. The lowest BCUT2D eigenvalue weighted by Crippen LogP contribution is -2.54. The second-order valence-electron chi connectivity index (χ2n) is 8.31. The molecule has 1 N–H and O–H groups in total. The van der Waals surface area contributed by atoms with Gasteiger partial charge in [0.1, 0.15) is 0 Å². The molecule has 0 unspecified atom stereocenters. The molecule has 144 valence electrons. The third kappa shape index (κ3) is 6.45. The molecule has 0 radical (unpaired) electrons. The van der Waals surface area contributed by atoms with E-state index in [4.69, 9.17) is 0 Å². The van der Waals surface area contributed by atoms with Crippen molar-refractivity contribution in [2.24, 2.45) is 0 Å². The molecular formula is C21H33N3O2. The fourth-order valence-electron chi connectivity index (χ4n) is 3.42. The van der Waals surface area contributed by atoms with Crippen LogP contribution in [0.5, 0.6) is 0 Å². The van der Waals surface area contributed by atoms with Crippen molar-refractivity contribution >= 4 is 11.8 Å². The van der Waals surface area contributed by atoms with Gasteiger partial charge in [-0.1, -0.05) is 30.3 Å². The number of benzene rings is 1. The zero-order chi connectivity index (χ0) is 19.2. The smallest absolute Gasteiger partial charge is 0.311 e. The normalized spacial score (nSPS) is 18.4. The Morgan fingerprint density at radius 1 is 1.23 bits per heavy atom. The second kappa shape index (κ2) is 9.17. The Bertz CT molecular complexity index is 595. The summed E-state index contributed by atoms with van der Waals surface area (Å²) in [5, 5.41) is 2.76. The molecule has 0 bridgehead atoms. The third-order valence-corrected chi connectivity index (χ3v) is 4.81. The molecule has 26 heavy (non-hydrogen) atoms. The molecule has 2 amide bonds. The van der Waals surface area contributed by atoms with E-state index in [0.717, 1.165) is 45.3 Å². The molecule has 1 heterocycles. The van der Waals surface area contributed by atoms with E-state index in [1.165, 1.54) is 5.56 Å². The molecule has 1 fully saturated rings. The lowest BCUT2D eigenvalue weighted by atomic mass is 10.0. The van der Waals surface area contributed by atoms with E-state index in [1.807, 2.05) is 26.8 Å². The first-order valence-corrected chi connectivity index (χ1v) is 9.62. The summed E-state index contributed by atoms with van der Waals surface area (Å²) in [6.07, 6.45) is 4.21. The van der Waals surface area contributed by atoms with Crippen molar-refractivity contribution in [2.45, 2.75) is 58.0 Å². The number of likely N-dealkylation sites (N-methyl/N-ethyl adjacent to an activating group) is 1. The van der Waals surface area contributed by atoms with Crippen LogP contribution in [-0.4, -0.2) is 59.9 Å². The first kappa shape index (κ1) is 20.4. The topological polar surface area (TPSA) is 52.7 Å². The molecule has 1 saturated heterocycles. The number of hydrogen-bond acceptors (Lipinski definition) is 3. The monoisotopic (exact) mass is 359 g/mol. The van der Waals surface area contributed by atoms with E-state index in [-0.39, 0.29) is 6.04 Å². The molecule has 1 aliphatic rings. The van der Waals surface area contributed by atoms with Gasteiger partial charge in [-0.2, -0.15) is 0 Å². The lowest BCUT2D eigenvalue weighted by Gasteiger charge is -2.37. The summed E-state index contributed by atoms with van der Waals surface area (Å²) in [7, 11) is 1.75. The minimum absolute atomic E-state index is 0.110. The average Bonchev–Trinajstić information content (AvgIpc) is 2.60. The Morgan fingerprint density at radius 2 is 1.92 bits per heavy atom. The van der Waals surface area contributed by atoms with E-state index in [9.17, 15) is 9.59 Å². The van der Waals surface area contributed by atoms with E-state index in [2.05, 4.69) is 34.5 Å². The largest absolute Gasteiger partial charge is 0.343 e. The Morgan fingerprint density at radius 3 is 2.58 bits per heavy atom. The number of carbonyl (C=O) groups excluding carboxylic acids is 2. The van der Waals surface area contributed by atoms with Crippen LogP contribution in [0, 0.1) is 0 Å². The van der Waals surface area contributed by atoms with Gasteiger partial charge in [-0.25, -0.2) is 0 Å². The van der Waals surface area contributed by atoms with Gasteiger partial charge < -0.3 is 15.1 Å². The molecule has 5 nitrogen and oxygen atoms in total. The minimum atomic E-state index is -0.513. The van der Waals surface area contributed by atoms with Crippen molar-refractivity contribution < 1.29 is 9.59 Å². The number of carbonyl (C=O) groups is 2. The summed E-state index contributed by atoms with van der Waals surface area (Å²) in [5.74, 6) is -0.947. The molecule has 1 atom stereocenters. The number of nitrogens with one attached hydrogen (secondary N) is 1. The zero-order valence-electron chi connectivity index (χ0n) is 16.6. The minimum Gasteiger partial charge on any atom is -0.343 e. The highest BCUT2D eigenvalue weighted by Crippen LogP contribution is 2.16. The van der Waals surface area contributed by atoms with Crippen molar-refractivity contribution in [2.75, 3.05) is 26.7 Å². The van der Waals surface area contributed by atoms with E-state index in [1.54, 1.807) is 11.9 Å². The Hall–Kier alpha value is -1.88. The van der Waals surface area contributed by atoms with Gasteiger partial charge in [0.05, 0.1) is 0 Å². The molecule has 1 aromatic carbocycles. The summed E-state index contributed by atoms with van der Waals surface area (Å²) >= 11 is 0. The van der Waals surface area contributed by atoms with Gasteiger partial charge in [0.25, 0.3) is 0 Å². The van der Waals surface area contributed by atoms with Crippen molar-refractivity contribution in [3.05, 3.63) is 35.9 Å². The Labute approximate surface area is 157 Å². The molecular weight excluding hydrogens is 326 g/mol. The predicted molar refractivity (Wildman–Crippen MR) is 105 cm³/mol. The van der Waals surface area contributed by atoms with Crippen LogP contribution in [0.1, 0.15) is 45.6 Å². The number of hydrogen-bond donors (Lipinski definition) is 1. The molecule has 0 saturated carbocycles. The average molecular weight is 360 g/mol. The summed E-state index contributed by atoms with van der Waals surface area (Å²) in [6.45, 7) is 8.59. The third-order valence-electron chi connectivity index (χ3n) is 4.81. The summed E-state index contributed by atoms with van der Waals surface area (Å²) in [5.41, 5.74) is 0.969. The molecule has 0 aliphatic carbocycles. The van der Waals surface area contributed by atoms with Gasteiger partial charge in [-0.3, -0.25) is 9.59 Å². The number of piperidine rings is 1. The summed E-state index contributed by atoms with van der Waals surface area (Å²) in [6, 6.07) is 10.6. The highest BCUT2D eigenvalue weighted by atomic mass is 16.2. The van der Waals surface area contributed by atoms with E-state index in [0.29, 0.717) is 0 Å². The predicted octanol–water partition coefficient (Wildman–Crippen LogP) is 2.46. The highest BCUT2D eigenvalue weighted by Gasteiger charge is 2.30. The number of amides is 2. The Kier molecular flexibility index (Phi) is 7.21. The maximum atomic E-state index is 12.4. The van der Waals surface area contributed by atoms with Crippen LogP contribution in [0.15, 0.2) is 30.3 Å². The van der Waals surface area contributed by atoms with Crippen molar-refractivity contribution in [3.63, 3.8) is 0 Å². The standard InChI is InChI=1S/C21H33N3O2/c1-21(2,3)22-19(25)20(26)23(4)18-13-9-15-24(16-18)14-8-12-17-10-6-5-7-11-17/h5-7,10-11,18H,8-9,12-16H2,1-4H3,(H,22,25)/t18-/m1/s1. The van der Waals surface area contributed by atoms with Gasteiger partial charge in [-0.15, -0.1) is 0 Å². The maximum Gasteiger partial charge on any atom is 0.311 e. The first-order chi connectivity index (χ1) is 12.3. The quantitative estimate of drug-likeness (QED) is 0.822. The molecule has 1 aromatic rings. The van der Waals surface area contributed by atoms with Crippen LogP contribution >= 0.6 is 0 Å². The van der Waals surface area contributed by atoms with Crippen LogP contribution in [0.25, 0.3) is 0 Å². The van der Waals surface area contributed by atoms with Gasteiger partial charge in [0.15, 0.2) is 0 Å². The van der Waals surface area contributed by atoms with Crippen LogP contribution in [-0.2, 0) is 16.0 Å². The molecule has 1 aliphatic heterocycles. The van der Waals surface area contributed by atoms with E-state index >= 15 is 0 Å². The number of nitrogens with zero attached hydrogens (tertiary/aromatic N) is 2. The molecule has 2 rings (SSSR count). The summed E-state index contributed by atoms with van der Waals surface area (Å²) < 4.78 is 0. The lowest BCUT2D eigenvalue weighted by molar-refractivity contribution is -0.147. The van der Waals surface area contributed by atoms with Gasteiger partial charge in [0.2, 0.25) is 0 Å². The van der Waals surface area contributed by atoms with E-state index < -0.39 is 17.4 Å². The summed E-state index contributed by atoms with van der Waals surface area (Å²) in [4.78, 5) is 28.6. The maximum absolute atomic E-state index is 12.4. The number of rotatable bonds is 5. The molecule has 0 aromatic heterocycles. The fraction of sp³-hybridized carbons (Fsp3) is 0.619. The van der Waals surface area contributed by atoms with Gasteiger partial charge in [0, 0.05) is 25.2 Å². The molecule has 0 spiro atoms. The second-order valence-corrected chi connectivity index (χ2v) is 8.31. The van der Waals surface area contributed by atoms with Crippen molar-refractivity contribution in [1.29, 1.82) is 0 Å². The zero-order valence-corrected chi connectivity index (χ0v) is 16.6. The van der Waals surface area contributed by atoms with Crippen molar-refractivity contribution in [1.82, 2.24) is 15.1 Å². The van der Waals surface area contributed by atoms with Crippen LogP contribution in [0.2, 0.25) is 0 Å². The van der Waals surface area contributed by atoms with Gasteiger partial charge in [-0.05, 0) is 65.1 Å². The number of likely N-dealkylation sites (tertiary alicyclic amines) is 1. The molecule has 5 heteroatoms. The Balaban J connectivity index is 1.81. The highest BCUT2D eigenvalue weighted by molar-refractivity contribution is 6.35. The van der Waals surface area contributed by atoms with Crippen LogP contribution in [0.3, 0.4) is 0 Å². The van der Waals surface area contributed by atoms with Crippen LogP contribution < -0.4 is 5.32 Å². The van der Waals surface area contributed by atoms with Crippen LogP contribution in [0.4, 0.5) is 0 Å². The van der Waals surface area contributed by atoms with Gasteiger partial charge >= 0.3 is 11.8 Å². The van der Waals surface area contributed by atoms with Crippen molar-refractivity contribution in [3.8, 4) is 0 Å². The first-order valence-electron chi connectivity index (χ1n) is 9.62. The number of aryl methyl sites for hydroxylation is 1. The SMILES string of the molecule is CN(C(=O)C(=O)NC(C)(C)C)[C@@H]1CCCN(CCCc2ccccc2)C1.